The van der Waals surface area contributed by atoms with Gasteiger partial charge >= 0.3 is 0 Å². The van der Waals surface area contributed by atoms with Crippen LogP contribution in [0.25, 0.3) is 0 Å². The van der Waals surface area contributed by atoms with Gasteiger partial charge in [0.05, 0.1) is 18.5 Å². The predicted octanol–water partition coefficient (Wildman–Crippen LogP) is 3.63. The summed E-state index contributed by atoms with van der Waals surface area (Å²) in [5, 5.41) is 22.1. The van der Waals surface area contributed by atoms with Crippen LogP contribution in [0.1, 0.15) is 52.9 Å². The zero-order chi connectivity index (χ0) is 15.3. The van der Waals surface area contributed by atoms with Gasteiger partial charge in [-0.3, -0.25) is 0 Å². The van der Waals surface area contributed by atoms with Gasteiger partial charge in [-0.25, -0.2) is 0 Å². The summed E-state index contributed by atoms with van der Waals surface area (Å²) in [7, 11) is 0. The summed E-state index contributed by atoms with van der Waals surface area (Å²) in [6, 6.07) is 8.55. The zero-order valence-electron chi connectivity index (χ0n) is 13.1. The summed E-state index contributed by atoms with van der Waals surface area (Å²) >= 11 is 0. The lowest BCUT2D eigenvalue weighted by Gasteiger charge is -2.22. The van der Waals surface area contributed by atoms with E-state index in [1.807, 2.05) is 6.07 Å². The molecular formula is C16H22N2O. The van der Waals surface area contributed by atoms with Crippen LogP contribution in [0.4, 0.5) is 5.69 Å². The maximum absolute atomic E-state index is 9.96. The molecule has 0 bridgehead atoms. The van der Waals surface area contributed by atoms with Crippen LogP contribution < -0.4 is 5.32 Å². The molecule has 1 aliphatic carbocycles. The van der Waals surface area contributed by atoms with Gasteiger partial charge in [-0.2, -0.15) is 5.26 Å². The summed E-state index contributed by atoms with van der Waals surface area (Å²) in [5.74, 6) is 0.692. The standard InChI is InChI=1S/C16H22N2O/c17-10-9-16(19)14-7-4-8-15(11-14)18-12-13-5-2-1-3-6-13/h4,7-8,11,13,16,18-19H,1-3,5-6,9,12H2/i9D2. The number of anilines is 1. The fraction of sp³-hybridized carbons (Fsp3) is 0.562. The van der Waals surface area contributed by atoms with Gasteiger partial charge in [0, 0.05) is 15.0 Å². The van der Waals surface area contributed by atoms with E-state index in [-0.39, 0.29) is 0 Å². The normalized spacial score (nSPS) is 20.0. The molecule has 0 aromatic heterocycles. The molecule has 0 radical (unpaired) electrons. The predicted molar refractivity (Wildman–Crippen MR) is 76.7 cm³/mol. The lowest BCUT2D eigenvalue weighted by Crippen LogP contribution is -2.17. The quantitative estimate of drug-likeness (QED) is 0.850. The molecule has 0 spiro atoms. The summed E-state index contributed by atoms with van der Waals surface area (Å²) in [6.07, 6.45) is 2.74. The van der Waals surface area contributed by atoms with Crippen molar-refractivity contribution in [3.63, 3.8) is 0 Å². The van der Waals surface area contributed by atoms with Gasteiger partial charge in [0.1, 0.15) is 0 Å². The van der Waals surface area contributed by atoms with Crippen LogP contribution in [-0.2, 0) is 0 Å². The van der Waals surface area contributed by atoms with Crippen molar-refractivity contribution in [2.45, 2.75) is 44.6 Å². The van der Waals surface area contributed by atoms with E-state index in [9.17, 15) is 5.11 Å². The minimum Gasteiger partial charge on any atom is -0.387 e. The second kappa shape index (κ2) is 7.16. The maximum atomic E-state index is 9.96. The highest BCUT2D eigenvalue weighted by Gasteiger charge is 2.13. The van der Waals surface area contributed by atoms with Gasteiger partial charge in [0.15, 0.2) is 0 Å². The summed E-state index contributed by atoms with van der Waals surface area (Å²) in [5.41, 5.74) is 1.29. The van der Waals surface area contributed by atoms with E-state index < -0.39 is 12.5 Å². The summed E-state index contributed by atoms with van der Waals surface area (Å²) in [4.78, 5) is 0. The molecule has 2 rings (SSSR count). The Morgan fingerprint density at radius 3 is 2.95 bits per heavy atom. The minimum absolute atomic E-state index is 0.426. The fourth-order valence-electron chi connectivity index (χ4n) is 2.62. The fourth-order valence-corrected chi connectivity index (χ4v) is 2.62. The Balaban J connectivity index is 1.99. The van der Waals surface area contributed by atoms with Crippen LogP contribution in [0.2, 0.25) is 0 Å². The number of aliphatic hydroxyl groups is 1. The van der Waals surface area contributed by atoms with Crippen molar-refractivity contribution in [2.75, 3.05) is 11.9 Å². The molecule has 1 atom stereocenters. The molecule has 2 N–H and O–H groups in total. The van der Waals surface area contributed by atoms with Gasteiger partial charge in [-0.1, -0.05) is 31.4 Å². The van der Waals surface area contributed by atoms with E-state index in [0.29, 0.717) is 11.5 Å². The molecule has 1 fully saturated rings. The Morgan fingerprint density at radius 2 is 2.21 bits per heavy atom. The van der Waals surface area contributed by atoms with E-state index in [2.05, 4.69) is 5.32 Å². The molecule has 0 heterocycles. The third-order valence-electron chi connectivity index (χ3n) is 3.72. The number of nitrogens with zero attached hydrogens (tertiary/aromatic N) is 1. The molecule has 1 aliphatic rings. The Labute approximate surface area is 118 Å². The third kappa shape index (κ3) is 4.25. The Kier molecular flexibility index (Phi) is 4.26. The highest BCUT2D eigenvalue weighted by Crippen LogP contribution is 2.25. The molecule has 19 heavy (non-hydrogen) atoms. The molecule has 1 aromatic carbocycles. The monoisotopic (exact) mass is 260 g/mol. The molecule has 1 aromatic rings. The lowest BCUT2D eigenvalue weighted by atomic mass is 9.89. The number of nitriles is 1. The highest BCUT2D eigenvalue weighted by molar-refractivity contribution is 5.46. The second-order valence-electron chi connectivity index (χ2n) is 5.17. The van der Waals surface area contributed by atoms with E-state index >= 15 is 0 Å². The van der Waals surface area contributed by atoms with Crippen LogP contribution in [-0.4, -0.2) is 11.7 Å². The van der Waals surface area contributed by atoms with Crippen LogP contribution in [0.3, 0.4) is 0 Å². The first-order valence-electron chi connectivity index (χ1n) is 7.96. The van der Waals surface area contributed by atoms with Crippen LogP contribution in [0.15, 0.2) is 24.3 Å². The number of hydrogen-bond donors (Lipinski definition) is 2. The highest BCUT2D eigenvalue weighted by atomic mass is 16.3. The van der Waals surface area contributed by atoms with Crippen molar-refractivity contribution in [1.82, 2.24) is 0 Å². The minimum atomic E-state index is -2.28. The SMILES string of the molecule is [2H]C([2H])(C#N)C(O)c1cccc(NCC2CCCCC2)c1. The molecule has 3 nitrogen and oxygen atoms in total. The zero-order valence-corrected chi connectivity index (χ0v) is 11.1. The summed E-state index contributed by atoms with van der Waals surface area (Å²) < 4.78 is 15.0. The van der Waals surface area contributed by atoms with Crippen molar-refractivity contribution in [1.29, 1.82) is 5.26 Å². The van der Waals surface area contributed by atoms with Crippen molar-refractivity contribution < 1.29 is 7.85 Å². The van der Waals surface area contributed by atoms with Gasteiger partial charge in [0.25, 0.3) is 0 Å². The molecule has 0 amide bonds. The molecule has 3 heteroatoms. The van der Waals surface area contributed by atoms with Crippen molar-refractivity contribution in [2.24, 2.45) is 5.92 Å². The lowest BCUT2D eigenvalue weighted by molar-refractivity contribution is 0.183. The molecule has 0 aliphatic heterocycles. The Hall–Kier alpha value is -1.53. The van der Waals surface area contributed by atoms with Crippen molar-refractivity contribution in [3.05, 3.63) is 29.8 Å². The first-order valence-corrected chi connectivity index (χ1v) is 6.96. The Morgan fingerprint density at radius 1 is 1.42 bits per heavy atom. The number of nitrogens with one attached hydrogen (secondary N) is 1. The first kappa shape index (κ1) is 11.3. The number of rotatable bonds is 5. The van der Waals surface area contributed by atoms with Crippen LogP contribution >= 0.6 is 0 Å². The van der Waals surface area contributed by atoms with E-state index in [0.717, 1.165) is 12.2 Å². The molecule has 1 saturated carbocycles. The molecular weight excluding hydrogens is 236 g/mol. The Bertz CT molecular complexity index is 507. The molecule has 102 valence electrons. The van der Waals surface area contributed by atoms with Crippen LogP contribution in [0, 0.1) is 17.2 Å². The smallest absolute Gasteiger partial charge is 0.0920 e. The van der Waals surface area contributed by atoms with Gasteiger partial charge in [-0.15, -0.1) is 0 Å². The van der Waals surface area contributed by atoms with Gasteiger partial charge in [0.2, 0.25) is 0 Å². The maximum Gasteiger partial charge on any atom is 0.0920 e. The van der Waals surface area contributed by atoms with Gasteiger partial charge in [-0.05, 0) is 36.5 Å². The van der Waals surface area contributed by atoms with E-state index in [1.165, 1.54) is 38.2 Å². The van der Waals surface area contributed by atoms with Gasteiger partial charge < -0.3 is 10.4 Å². The molecule has 1 unspecified atom stereocenters. The van der Waals surface area contributed by atoms with Crippen molar-refractivity contribution >= 4 is 5.69 Å². The largest absolute Gasteiger partial charge is 0.387 e. The summed E-state index contributed by atoms with van der Waals surface area (Å²) in [6.45, 7) is 0.907. The number of aliphatic hydroxyl groups excluding tert-OH is 1. The van der Waals surface area contributed by atoms with Crippen molar-refractivity contribution in [3.8, 4) is 6.07 Å². The third-order valence-corrected chi connectivity index (χ3v) is 3.72. The van der Waals surface area contributed by atoms with E-state index in [4.69, 9.17) is 8.00 Å². The van der Waals surface area contributed by atoms with Crippen LogP contribution in [0.5, 0.6) is 0 Å². The second-order valence-corrected chi connectivity index (χ2v) is 5.17. The van der Waals surface area contributed by atoms with E-state index in [1.54, 1.807) is 18.2 Å². The average molecular weight is 260 g/mol. The average Bonchev–Trinajstić information content (AvgIpc) is 2.53. The first-order chi connectivity index (χ1) is 10.0. The number of hydrogen-bond acceptors (Lipinski definition) is 3. The molecule has 0 saturated heterocycles. The topological polar surface area (TPSA) is 56.0 Å². The number of benzene rings is 1.